The van der Waals surface area contributed by atoms with E-state index in [9.17, 15) is 4.79 Å². The summed E-state index contributed by atoms with van der Waals surface area (Å²) in [4.78, 5) is 22.0. The molecule has 1 aliphatic rings. The number of nitrogens with zero attached hydrogens (tertiary/aromatic N) is 4. The van der Waals surface area contributed by atoms with E-state index in [1.807, 2.05) is 12.1 Å². The van der Waals surface area contributed by atoms with Crippen molar-refractivity contribution >= 4 is 22.9 Å². The fraction of sp³-hybridized carbons (Fsp3) is 0.478. The molecule has 0 unspecified atom stereocenters. The molecule has 182 valence electrons. The van der Waals surface area contributed by atoms with Crippen LogP contribution < -0.4 is 20.9 Å². The highest BCUT2D eigenvalue weighted by atomic mass is 16.6. The molecule has 3 heterocycles. The molecule has 1 atom stereocenters. The van der Waals surface area contributed by atoms with Gasteiger partial charge in [0.1, 0.15) is 22.9 Å². The van der Waals surface area contributed by atoms with E-state index in [-0.39, 0.29) is 12.1 Å². The van der Waals surface area contributed by atoms with Gasteiger partial charge < -0.3 is 25.7 Å². The molecule has 2 aromatic heterocycles. The van der Waals surface area contributed by atoms with Gasteiger partial charge in [0, 0.05) is 31.6 Å². The summed E-state index contributed by atoms with van der Waals surface area (Å²) in [6, 6.07) is 6.38. The first-order chi connectivity index (χ1) is 16.5. The molecule has 5 N–H and O–H groups in total. The fourth-order valence-corrected chi connectivity index (χ4v) is 4.12. The minimum Gasteiger partial charge on any atom is -0.496 e. The van der Waals surface area contributed by atoms with Crippen molar-refractivity contribution in [2.45, 2.75) is 45.3 Å². The summed E-state index contributed by atoms with van der Waals surface area (Å²) in [5.41, 5.74) is 15.3. The van der Waals surface area contributed by atoms with Gasteiger partial charge >= 0.3 is 12.1 Å². The number of benzene rings is 1. The summed E-state index contributed by atoms with van der Waals surface area (Å²) < 4.78 is 16.4. The molecule has 11 heteroatoms. The van der Waals surface area contributed by atoms with Gasteiger partial charge in [-0.05, 0) is 24.5 Å². The number of unbranched alkanes of at least 4 members (excludes halogenated alkanes) is 1. The second kappa shape index (κ2) is 10.6. The van der Waals surface area contributed by atoms with E-state index in [0.717, 1.165) is 54.9 Å². The molecule has 0 radical (unpaired) electrons. The predicted octanol–water partition coefficient (Wildman–Crippen LogP) is 2.38. The van der Waals surface area contributed by atoms with Crippen molar-refractivity contribution in [1.82, 2.24) is 25.1 Å². The lowest BCUT2D eigenvalue weighted by atomic mass is 10.0. The Morgan fingerprint density at radius 3 is 2.94 bits per heavy atom. The molecule has 11 nitrogen and oxygen atoms in total. The van der Waals surface area contributed by atoms with Crippen LogP contribution in [-0.4, -0.2) is 64.1 Å². The second-order valence-electron chi connectivity index (χ2n) is 8.39. The number of hydrogen-bond acceptors (Lipinski definition) is 9. The van der Waals surface area contributed by atoms with Crippen molar-refractivity contribution in [3.05, 3.63) is 35.0 Å². The number of primary amides is 1. The lowest BCUT2D eigenvalue weighted by Gasteiger charge is -2.17. The van der Waals surface area contributed by atoms with E-state index >= 15 is 0 Å². The van der Waals surface area contributed by atoms with Gasteiger partial charge in [-0.2, -0.15) is 15.1 Å². The van der Waals surface area contributed by atoms with E-state index in [1.54, 1.807) is 7.11 Å². The summed E-state index contributed by atoms with van der Waals surface area (Å²) in [6.45, 7) is 4.86. The average Bonchev–Trinajstić information content (AvgIpc) is 3.41. The maximum atomic E-state index is 11.0. The van der Waals surface area contributed by atoms with Crippen LogP contribution >= 0.6 is 0 Å². The molecule has 1 aromatic carbocycles. The van der Waals surface area contributed by atoms with Crippen molar-refractivity contribution < 1.29 is 19.0 Å². The minimum atomic E-state index is -0.726. The van der Waals surface area contributed by atoms with Gasteiger partial charge in [-0.1, -0.05) is 25.5 Å². The number of ether oxygens (including phenoxy) is 3. The van der Waals surface area contributed by atoms with Gasteiger partial charge in [-0.15, -0.1) is 0 Å². The second-order valence-corrected chi connectivity index (χ2v) is 8.39. The minimum absolute atomic E-state index is 0.156. The van der Waals surface area contributed by atoms with Gasteiger partial charge in [0.15, 0.2) is 5.82 Å². The SMILES string of the molecule is CCCCOc1nc(N)c2[nH]nc(Cc3ccc(CN4CC[C@H](OC(N)=O)C4)cc3OC)c2n1. The number of methoxy groups -OCH3 is 1. The predicted molar refractivity (Wildman–Crippen MR) is 127 cm³/mol. The summed E-state index contributed by atoms with van der Waals surface area (Å²) >= 11 is 0. The lowest BCUT2D eigenvalue weighted by molar-refractivity contribution is 0.109. The molecule has 1 aliphatic heterocycles. The molecule has 34 heavy (non-hydrogen) atoms. The van der Waals surface area contributed by atoms with Crippen LogP contribution in [0.5, 0.6) is 11.8 Å². The van der Waals surface area contributed by atoms with E-state index in [2.05, 4.69) is 38.1 Å². The van der Waals surface area contributed by atoms with Crippen molar-refractivity contribution in [2.75, 3.05) is 32.5 Å². The van der Waals surface area contributed by atoms with Crippen LogP contribution in [0.25, 0.3) is 11.0 Å². The number of carbonyl (C=O) groups excluding carboxylic acids is 1. The van der Waals surface area contributed by atoms with Crippen molar-refractivity contribution in [3.8, 4) is 11.8 Å². The number of nitrogens with two attached hydrogens (primary N) is 2. The van der Waals surface area contributed by atoms with E-state index in [0.29, 0.717) is 36.4 Å². The summed E-state index contributed by atoms with van der Waals surface area (Å²) in [5, 5.41) is 7.36. The molecule has 0 saturated carbocycles. The average molecular weight is 470 g/mol. The van der Waals surface area contributed by atoms with E-state index in [1.165, 1.54) is 0 Å². The quantitative estimate of drug-likeness (QED) is 0.380. The van der Waals surface area contributed by atoms with Crippen molar-refractivity contribution in [3.63, 3.8) is 0 Å². The Balaban J connectivity index is 1.49. The van der Waals surface area contributed by atoms with E-state index in [4.69, 9.17) is 25.7 Å². The number of nitrogen functional groups attached to an aromatic ring is 1. The molecule has 1 fully saturated rings. The lowest BCUT2D eigenvalue weighted by Crippen LogP contribution is -2.26. The van der Waals surface area contributed by atoms with Crippen LogP contribution in [0.4, 0.5) is 10.6 Å². The summed E-state index contributed by atoms with van der Waals surface area (Å²) in [7, 11) is 1.65. The molecule has 3 aromatic rings. The molecule has 4 rings (SSSR count). The van der Waals surface area contributed by atoms with Gasteiger partial charge in [-0.25, -0.2) is 4.79 Å². The van der Waals surface area contributed by atoms with E-state index < -0.39 is 6.09 Å². The number of anilines is 1. The highest BCUT2D eigenvalue weighted by molar-refractivity contribution is 5.86. The number of H-pyrrole nitrogens is 1. The third kappa shape index (κ3) is 5.48. The fourth-order valence-electron chi connectivity index (χ4n) is 4.12. The number of rotatable bonds is 10. The first-order valence-electron chi connectivity index (χ1n) is 11.4. The Morgan fingerprint density at radius 2 is 2.18 bits per heavy atom. The Bertz CT molecular complexity index is 1150. The van der Waals surface area contributed by atoms with Gasteiger partial charge in [0.25, 0.3) is 0 Å². The number of carbonyl (C=O) groups is 1. The monoisotopic (exact) mass is 469 g/mol. The largest absolute Gasteiger partial charge is 0.496 e. The topological polar surface area (TPSA) is 154 Å². The summed E-state index contributed by atoms with van der Waals surface area (Å²) in [6.07, 6.45) is 2.34. The number of amides is 1. The highest BCUT2D eigenvalue weighted by Gasteiger charge is 2.25. The number of aromatic amines is 1. The number of aromatic nitrogens is 4. The van der Waals surface area contributed by atoms with Crippen LogP contribution in [0, 0.1) is 0 Å². The van der Waals surface area contributed by atoms with Gasteiger partial charge in [-0.3, -0.25) is 10.00 Å². The maximum absolute atomic E-state index is 11.0. The molecule has 0 bridgehead atoms. The Morgan fingerprint density at radius 1 is 1.32 bits per heavy atom. The standard InChI is InChI=1S/C23H31N7O4/c1-3-4-9-33-23-26-19-17(28-29-20(19)21(24)27-23)11-15-6-5-14(10-18(15)32-2)12-30-8-7-16(13-30)34-22(25)31/h5-6,10,16H,3-4,7-9,11-13H2,1-2H3,(H2,25,31)(H,28,29)(H2,24,26,27)/t16-/m0/s1. The van der Waals surface area contributed by atoms with Crippen LogP contribution in [0.3, 0.4) is 0 Å². The highest BCUT2D eigenvalue weighted by Crippen LogP contribution is 2.28. The zero-order valence-electron chi connectivity index (χ0n) is 19.5. The van der Waals surface area contributed by atoms with Crippen LogP contribution in [0.2, 0.25) is 0 Å². The number of hydrogen-bond donors (Lipinski definition) is 3. The van der Waals surface area contributed by atoms with Gasteiger partial charge in [0.05, 0.1) is 19.4 Å². The Kier molecular flexibility index (Phi) is 7.31. The number of nitrogens with one attached hydrogen (secondary N) is 1. The van der Waals surface area contributed by atoms with Crippen LogP contribution in [0.15, 0.2) is 18.2 Å². The normalized spacial score (nSPS) is 16.1. The van der Waals surface area contributed by atoms with Crippen molar-refractivity contribution in [2.24, 2.45) is 5.73 Å². The smallest absolute Gasteiger partial charge is 0.404 e. The molecule has 0 aliphatic carbocycles. The number of fused-ring (bicyclic) bond motifs is 1. The third-order valence-corrected chi connectivity index (χ3v) is 5.85. The Labute approximate surface area is 197 Å². The van der Waals surface area contributed by atoms with Crippen LogP contribution in [-0.2, 0) is 17.7 Å². The molecule has 0 spiro atoms. The first kappa shape index (κ1) is 23.6. The zero-order chi connectivity index (χ0) is 24.1. The van der Waals surface area contributed by atoms with Crippen LogP contribution in [0.1, 0.15) is 43.0 Å². The number of likely N-dealkylation sites (tertiary alicyclic amines) is 1. The first-order valence-corrected chi connectivity index (χ1v) is 11.4. The molecule has 1 saturated heterocycles. The van der Waals surface area contributed by atoms with Gasteiger partial charge in [0.2, 0.25) is 0 Å². The molecular formula is C23H31N7O4. The zero-order valence-corrected chi connectivity index (χ0v) is 19.5. The Hall–Kier alpha value is -3.60. The molecular weight excluding hydrogens is 438 g/mol. The van der Waals surface area contributed by atoms with Crippen molar-refractivity contribution in [1.29, 1.82) is 0 Å². The molecule has 1 amide bonds. The maximum Gasteiger partial charge on any atom is 0.404 e. The third-order valence-electron chi connectivity index (χ3n) is 5.85. The summed E-state index contributed by atoms with van der Waals surface area (Å²) in [5.74, 6) is 1.07.